The number of nitrogens with one attached hydrogen (secondary N) is 1. The van der Waals surface area contributed by atoms with E-state index in [1.807, 2.05) is 42.5 Å². The fourth-order valence-electron chi connectivity index (χ4n) is 6.74. The molecule has 5 rings (SSSR count). The zero-order chi connectivity index (χ0) is 26.1. The first-order valence-corrected chi connectivity index (χ1v) is 13.3. The summed E-state index contributed by atoms with van der Waals surface area (Å²) in [6.07, 6.45) is -1.39. The summed E-state index contributed by atoms with van der Waals surface area (Å²) >= 11 is 0. The first-order valence-electron chi connectivity index (χ1n) is 13.3. The Hall–Kier alpha value is -2.58. The van der Waals surface area contributed by atoms with Crippen LogP contribution in [-0.2, 0) is 18.3 Å². The van der Waals surface area contributed by atoms with Gasteiger partial charge >= 0.3 is 12.3 Å². The summed E-state index contributed by atoms with van der Waals surface area (Å²) in [5.74, 6) is 0.134. The lowest BCUT2D eigenvalue weighted by Gasteiger charge is -2.53. The molecule has 37 heavy (non-hydrogen) atoms. The van der Waals surface area contributed by atoms with Crippen LogP contribution in [0.1, 0.15) is 55.2 Å². The minimum atomic E-state index is -4.65. The Bertz CT molecular complexity index is 1100. The van der Waals surface area contributed by atoms with Crippen molar-refractivity contribution in [2.45, 2.75) is 68.6 Å². The highest BCUT2D eigenvalue weighted by molar-refractivity contribution is 5.70. The second kappa shape index (κ2) is 10.3. The predicted molar refractivity (Wildman–Crippen MR) is 135 cm³/mol. The SMILES string of the molecule is O=C(NCCN1CCCC1)Oc1ccc2c(c1)CCC1C[C@@](O)(C(F)(F)F)CC[C@@]21Cc1ccccc1. The quantitative estimate of drug-likeness (QED) is 0.541. The highest BCUT2D eigenvalue weighted by atomic mass is 19.4. The van der Waals surface area contributed by atoms with E-state index >= 15 is 0 Å². The fraction of sp³-hybridized carbons (Fsp3) is 0.552. The van der Waals surface area contributed by atoms with Crippen LogP contribution in [-0.4, -0.2) is 54.1 Å². The standard InChI is InChI=1S/C29H35F3N2O3/c30-29(31,32)28(36)13-12-27(19-21-6-2-1-3-7-21)23(20-28)9-8-22-18-24(10-11-25(22)27)37-26(35)33-14-17-34-15-4-5-16-34/h1-3,6-7,10-11,18,23,36H,4-5,8-9,12-17,19-20H2,(H,33,35)/t23?,27-,28+/m0/s1. The van der Waals surface area contributed by atoms with Crippen LogP contribution in [0.25, 0.3) is 0 Å². The average molecular weight is 517 g/mol. The molecule has 1 amide bonds. The molecule has 200 valence electrons. The Morgan fingerprint density at radius 1 is 1.11 bits per heavy atom. The van der Waals surface area contributed by atoms with Crippen LogP contribution in [0, 0.1) is 5.92 Å². The zero-order valence-corrected chi connectivity index (χ0v) is 21.0. The van der Waals surface area contributed by atoms with Crippen molar-refractivity contribution < 1.29 is 27.8 Å². The number of ether oxygens (including phenoxy) is 1. The van der Waals surface area contributed by atoms with Gasteiger partial charge in [-0.15, -0.1) is 0 Å². The summed E-state index contributed by atoms with van der Waals surface area (Å²) in [6.45, 7) is 3.45. The molecule has 2 aromatic rings. The van der Waals surface area contributed by atoms with Gasteiger partial charge in [0.05, 0.1) is 0 Å². The maximum absolute atomic E-state index is 13.8. The lowest BCUT2D eigenvalue weighted by atomic mass is 9.52. The molecule has 2 aliphatic carbocycles. The Labute approximate surface area is 216 Å². The molecule has 0 bridgehead atoms. The minimum absolute atomic E-state index is 0.243. The van der Waals surface area contributed by atoms with Crippen molar-refractivity contribution in [2.24, 2.45) is 5.92 Å². The molecule has 0 radical (unpaired) electrons. The van der Waals surface area contributed by atoms with Gasteiger partial charge in [-0.25, -0.2) is 4.79 Å². The Morgan fingerprint density at radius 2 is 1.86 bits per heavy atom. The van der Waals surface area contributed by atoms with Gasteiger partial charge in [-0.05, 0) is 99.2 Å². The average Bonchev–Trinajstić information content (AvgIpc) is 3.38. The van der Waals surface area contributed by atoms with Crippen molar-refractivity contribution in [2.75, 3.05) is 26.2 Å². The lowest BCUT2D eigenvalue weighted by Crippen LogP contribution is -2.56. The third-order valence-corrected chi connectivity index (χ3v) is 8.72. The second-order valence-corrected chi connectivity index (χ2v) is 11.0. The van der Waals surface area contributed by atoms with Crippen LogP contribution >= 0.6 is 0 Å². The highest BCUT2D eigenvalue weighted by Gasteiger charge is 2.61. The Morgan fingerprint density at radius 3 is 2.59 bits per heavy atom. The highest BCUT2D eigenvalue weighted by Crippen LogP contribution is 2.57. The number of likely N-dealkylation sites (tertiary alicyclic amines) is 1. The normalized spacial score (nSPS) is 27.8. The molecule has 1 aliphatic heterocycles. The monoisotopic (exact) mass is 516 g/mol. The van der Waals surface area contributed by atoms with Gasteiger partial charge in [0.25, 0.3) is 0 Å². The van der Waals surface area contributed by atoms with Gasteiger partial charge < -0.3 is 20.1 Å². The molecule has 2 aromatic carbocycles. The van der Waals surface area contributed by atoms with E-state index in [0.717, 1.165) is 36.3 Å². The van der Waals surface area contributed by atoms with E-state index in [1.165, 1.54) is 12.8 Å². The summed E-state index contributed by atoms with van der Waals surface area (Å²) in [7, 11) is 0. The van der Waals surface area contributed by atoms with E-state index in [-0.39, 0.29) is 25.2 Å². The van der Waals surface area contributed by atoms with Crippen LogP contribution in [0.5, 0.6) is 5.75 Å². The number of hydrogen-bond acceptors (Lipinski definition) is 4. The molecule has 0 spiro atoms. The number of nitrogens with zero attached hydrogens (tertiary/aromatic N) is 1. The van der Waals surface area contributed by atoms with Crippen LogP contribution in [0.15, 0.2) is 48.5 Å². The summed E-state index contributed by atoms with van der Waals surface area (Å²) in [4.78, 5) is 14.7. The molecule has 3 atom stereocenters. The van der Waals surface area contributed by atoms with Crippen molar-refractivity contribution >= 4 is 6.09 Å². The van der Waals surface area contributed by atoms with Crippen molar-refractivity contribution in [1.29, 1.82) is 0 Å². The number of amides is 1. The summed E-state index contributed by atoms with van der Waals surface area (Å²) in [5, 5.41) is 13.4. The molecule has 3 aliphatic rings. The first-order chi connectivity index (χ1) is 17.7. The van der Waals surface area contributed by atoms with E-state index in [4.69, 9.17) is 4.74 Å². The third-order valence-electron chi connectivity index (χ3n) is 8.72. The molecular formula is C29H35F3N2O3. The molecule has 0 aromatic heterocycles. The van der Waals surface area contributed by atoms with Crippen LogP contribution in [0.4, 0.5) is 18.0 Å². The summed E-state index contributed by atoms with van der Waals surface area (Å²) in [6, 6.07) is 15.4. The molecule has 5 nitrogen and oxygen atoms in total. The van der Waals surface area contributed by atoms with E-state index < -0.39 is 23.3 Å². The second-order valence-electron chi connectivity index (χ2n) is 11.0. The van der Waals surface area contributed by atoms with E-state index in [1.54, 1.807) is 6.07 Å². The number of carbonyl (C=O) groups is 1. The topological polar surface area (TPSA) is 61.8 Å². The Balaban J connectivity index is 1.35. The number of halogens is 3. The van der Waals surface area contributed by atoms with Gasteiger partial charge in [-0.1, -0.05) is 36.4 Å². The number of hydrogen-bond donors (Lipinski definition) is 2. The number of benzene rings is 2. The van der Waals surface area contributed by atoms with Gasteiger partial charge in [0.1, 0.15) is 5.75 Å². The number of aliphatic hydroxyl groups is 1. The van der Waals surface area contributed by atoms with E-state index in [2.05, 4.69) is 10.2 Å². The molecular weight excluding hydrogens is 481 g/mol. The molecule has 2 fully saturated rings. The van der Waals surface area contributed by atoms with Gasteiger partial charge in [-0.2, -0.15) is 13.2 Å². The van der Waals surface area contributed by atoms with Gasteiger partial charge in [0.15, 0.2) is 5.60 Å². The van der Waals surface area contributed by atoms with Crippen molar-refractivity contribution in [3.05, 3.63) is 65.2 Å². The zero-order valence-electron chi connectivity index (χ0n) is 21.0. The number of carbonyl (C=O) groups excluding carboxylic acids is 1. The number of rotatable bonds is 6. The van der Waals surface area contributed by atoms with Crippen LogP contribution < -0.4 is 10.1 Å². The van der Waals surface area contributed by atoms with Crippen LogP contribution in [0.2, 0.25) is 0 Å². The van der Waals surface area contributed by atoms with Gasteiger partial charge in [0.2, 0.25) is 0 Å². The lowest BCUT2D eigenvalue weighted by molar-refractivity contribution is -0.279. The smallest absolute Gasteiger partial charge is 0.410 e. The number of alkyl halides is 3. The van der Waals surface area contributed by atoms with Gasteiger partial charge in [-0.3, -0.25) is 0 Å². The molecule has 1 unspecified atom stereocenters. The largest absolute Gasteiger partial charge is 0.417 e. The van der Waals surface area contributed by atoms with Crippen molar-refractivity contribution in [3.63, 3.8) is 0 Å². The first kappa shape index (κ1) is 26.0. The Kier molecular flexibility index (Phi) is 7.24. The minimum Gasteiger partial charge on any atom is -0.410 e. The van der Waals surface area contributed by atoms with Gasteiger partial charge in [0, 0.05) is 18.5 Å². The maximum Gasteiger partial charge on any atom is 0.417 e. The maximum atomic E-state index is 13.8. The molecule has 2 N–H and O–H groups in total. The predicted octanol–water partition coefficient (Wildman–Crippen LogP) is 5.39. The van der Waals surface area contributed by atoms with Crippen LogP contribution in [0.3, 0.4) is 0 Å². The fourth-order valence-corrected chi connectivity index (χ4v) is 6.74. The van der Waals surface area contributed by atoms with E-state index in [0.29, 0.717) is 31.6 Å². The van der Waals surface area contributed by atoms with Crippen molar-refractivity contribution in [1.82, 2.24) is 10.2 Å². The number of aryl methyl sites for hydroxylation is 1. The summed E-state index contributed by atoms with van der Waals surface area (Å²) < 4.78 is 46.9. The molecule has 1 heterocycles. The summed E-state index contributed by atoms with van der Waals surface area (Å²) in [5.41, 5.74) is -0.0739. The molecule has 1 saturated heterocycles. The molecule has 8 heteroatoms. The van der Waals surface area contributed by atoms with E-state index in [9.17, 15) is 23.1 Å². The molecule has 1 saturated carbocycles. The number of fused-ring (bicyclic) bond motifs is 3. The third kappa shape index (κ3) is 5.36. The van der Waals surface area contributed by atoms with Crippen molar-refractivity contribution in [3.8, 4) is 5.75 Å².